The number of aryl methyl sites for hydroxylation is 1. The van der Waals surface area contributed by atoms with E-state index in [1.807, 2.05) is 0 Å². The molecular weight excluding hydrogens is 222 g/mol. The van der Waals surface area contributed by atoms with Crippen LogP contribution in [0.5, 0.6) is 5.75 Å². The van der Waals surface area contributed by atoms with Crippen molar-refractivity contribution in [3.63, 3.8) is 0 Å². The van der Waals surface area contributed by atoms with Crippen LogP contribution >= 0.6 is 0 Å². The molecular formula is C16H25NO. The van der Waals surface area contributed by atoms with Crippen LogP contribution in [0, 0.1) is 6.92 Å². The lowest BCUT2D eigenvalue weighted by Crippen LogP contribution is -2.31. The molecule has 2 nitrogen and oxygen atoms in total. The maximum Gasteiger partial charge on any atom is 0.122 e. The minimum absolute atomic E-state index is 0.728. The fourth-order valence-corrected chi connectivity index (χ4v) is 2.83. The van der Waals surface area contributed by atoms with Gasteiger partial charge in [-0.2, -0.15) is 0 Å². The van der Waals surface area contributed by atoms with Gasteiger partial charge in [-0.1, -0.05) is 19.4 Å². The predicted octanol–water partition coefficient (Wildman–Crippen LogP) is 3.38. The molecule has 100 valence electrons. The van der Waals surface area contributed by atoms with Crippen LogP contribution in [0.2, 0.25) is 0 Å². The van der Waals surface area contributed by atoms with Gasteiger partial charge in [0.05, 0.1) is 7.11 Å². The lowest BCUT2D eigenvalue weighted by atomic mass is 9.76. The second-order valence-corrected chi connectivity index (χ2v) is 5.54. The highest BCUT2D eigenvalue weighted by molar-refractivity contribution is 5.49. The van der Waals surface area contributed by atoms with E-state index in [2.05, 4.69) is 37.9 Å². The van der Waals surface area contributed by atoms with E-state index in [-0.39, 0.29) is 0 Å². The van der Waals surface area contributed by atoms with Gasteiger partial charge in [0.15, 0.2) is 0 Å². The molecule has 1 aromatic carbocycles. The van der Waals surface area contributed by atoms with E-state index >= 15 is 0 Å². The molecule has 0 saturated carbocycles. The summed E-state index contributed by atoms with van der Waals surface area (Å²) < 4.78 is 5.37. The van der Waals surface area contributed by atoms with E-state index in [1.54, 1.807) is 7.11 Å². The summed E-state index contributed by atoms with van der Waals surface area (Å²) in [7, 11) is 3.99. The standard InChI is InChI=1S/C16H25NO/c1-5-6-7-17(3)11-14-9-13-10-16(18-4)12(2)8-15(13)14/h8,10,14H,5-7,9,11H2,1-4H3/t14-/m1/s1. The smallest absolute Gasteiger partial charge is 0.122 e. The van der Waals surface area contributed by atoms with Gasteiger partial charge in [0.25, 0.3) is 0 Å². The molecule has 0 fully saturated rings. The summed E-state index contributed by atoms with van der Waals surface area (Å²) in [6, 6.07) is 4.53. The zero-order valence-electron chi connectivity index (χ0n) is 12.1. The second-order valence-electron chi connectivity index (χ2n) is 5.54. The van der Waals surface area contributed by atoms with Crippen molar-refractivity contribution < 1.29 is 4.74 Å². The zero-order chi connectivity index (χ0) is 13.1. The Bertz CT molecular complexity index is 414. The van der Waals surface area contributed by atoms with E-state index in [0.717, 1.165) is 11.7 Å². The molecule has 0 aliphatic heterocycles. The Kier molecular flexibility index (Phi) is 4.28. The van der Waals surface area contributed by atoms with Crippen LogP contribution in [0.3, 0.4) is 0 Å². The number of hydrogen-bond donors (Lipinski definition) is 0. The van der Waals surface area contributed by atoms with E-state index in [9.17, 15) is 0 Å². The average molecular weight is 247 g/mol. The maximum absolute atomic E-state index is 5.37. The maximum atomic E-state index is 5.37. The van der Waals surface area contributed by atoms with Crippen molar-refractivity contribution in [2.24, 2.45) is 0 Å². The summed E-state index contributed by atoms with van der Waals surface area (Å²) in [4.78, 5) is 2.47. The number of hydrogen-bond acceptors (Lipinski definition) is 2. The number of nitrogens with zero attached hydrogens (tertiary/aromatic N) is 1. The lowest BCUT2D eigenvalue weighted by molar-refractivity contribution is 0.293. The molecule has 1 aliphatic rings. The topological polar surface area (TPSA) is 12.5 Å². The highest BCUT2D eigenvalue weighted by Crippen LogP contribution is 2.39. The predicted molar refractivity (Wildman–Crippen MR) is 76.6 cm³/mol. The van der Waals surface area contributed by atoms with Gasteiger partial charge >= 0.3 is 0 Å². The number of methoxy groups -OCH3 is 1. The van der Waals surface area contributed by atoms with Crippen molar-refractivity contribution >= 4 is 0 Å². The van der Waals surface area contributed by atoms with Gasteiger partial charge in [-0.3, -0.25) is 0 Å². The lowest BCUT2D eigenvalue weighted by Gasteiger charge is -2.34. The Morgan fingerprint density at radius 3 is 2.83 bits per heavy atom. The molecule has 0 amide bonds. The molecule has 0 aromatic heterocycles. The third kappa shape index (κ3) is 2.69. The number of rotatable bonds is 6. The van der Waals surface area contributed by atoms with E-state index in [4.69, 9.17) is 4.74 Å². The summed E-state index contributed by atoms with van der Waals surface area (Å²) in [5, 5.41) is 0. The number of ether oxygens (including phenoxy) is 1. The Labute approximate surface area is 111 Å². The first-order valence-corrected chi connectivity index (χ1v) is 7.01. The zero-order valence-corrected chi connectivity index (χ0v) is 12.1. The van der Waals surface area contributed by atoms with E-state index in [0.29, 0.717) is 0 Å². The number of benzene rings is 1. The molecule has 2 heteroatoms. The Balaban J connectivity index is 1.98. The van der Waals surface area contributed by atoms with Crippen LogP contribution in [0.1, 0.15) is 42.4 Å². The number of fused-ring (bicyclic) bond motifs is 1. The molecule has 2 rings (SSSR count). The van der Waals surface area contributed by atoms with Crippen LogP contribution in [-0.4, -0.2) is 32.1 Å². The molecule has 18 heavy (non-hydrogen) atoms. The van der Waals surface area contributed by atoms with Gasteiger partial charge in [-0.05, 0) is 56.1 Å². The first-order chi connectivity index (χ1) is 8.65. The fourth-order valence-electron chi connectivity index (χ4n) is 2.83. The Morgan fingerprint density at radius 2 is 2.17 bits per heavy atom. The molecule has 1 aliphatic carbocycles. The Morgan fingerprint density at radius 1 is 1.39 bits per heavy atom. The molecule has 0 spiro atoms. The average Bonchev–Trinajstić information content (AvgIpc) is 2.35. The molecule has 0 N–H and O–H groups in total. The highest BCUT2D eigenvalue weighted by Gasteiger charge is 2.28. The van der Waals surface area contributed by atoms with E-state index in [1.165, 1.54) is 49.0 Å². The molecule has 0 radical (unpaired) electrons. The number of unbranched alkanes of at least 4 members (excludes halogenated alkanes) is 1. The summed E-state index contributed by atoms with van der Waals surface area (Å²) in [5.74, 6) is 1.76. The monoisotopic (exact) mass is 247 g/mol. The fraction of sp³-hybridized carbons (Fsp3) is 0.625. The van der Waals surface area contributed by atoms with Gasteiger partial charge < -0.3 is 9.64 Å². The molecule has 1 aromatic rings. The van der Waals surface area contributed by atoms with E-state index < -0.39 is 0 Å². The van der Waals surface area contributed by atoms with Crippen LogP contribution in [0.15, 0.2) is 12.1 Å². The molecule has 0 saturated heterocycles. The molecule has 0 bridgehead atoms. The molecule has 0 unspecified atom stereocenters. The van der Waals surface area contributed by atoms with Crippen molar-refractivity contribution in [2.75, 3.05) is 27.2 Å². The third-order valence-electron chi connectivity index (χ3n) is 3.99. The first-order valence-electron chi connectivity index (χ1n) is 7.01. The van der Waals surface area contributed by atoms with Gasteiger partial charge in [0.2, 0.25) is 0 Å². The summed E-state index contributed by atoms with van der Waals surface area (Å²) in [6.07, 6.45) is 3.79. The minimum atomic E-state index is 0.728. The number of likely N-dealkylation sites (N-methyl/N-ethyl adjacent to an activating group) is 1. The Hall–Kier alpha value is -1.02. The van der Waals surface area contributed by atoms with Crippen LogP contribution in [0.25, 0.3) is 0 Å². The van der Waals surface area contributed by atoms with Gasteiger partial charge in [-0.25, -0.2) is 0 Å². The van der Waals surface area contributed by atoms with Crippen LogP contribution in [-0.2, 0) is 6.42 Å². The van der Waals surface area contributed by atoms with Crippen molar-refractivity contribution in [2.45, 2.75) is 39.0 Å². The van der Waals surface area contributed by atoms with Gasteiger partial charge in [0.1, 0.15) is 5.75 Å². The molecule has 1 atom stereocenters. The quantitative estimate of drug-likeness (QED) is 0.764. The third-order valence-corrected chi connectivity index (χ3v) is 3.99. The first kappa shape index (κ1) is 13.4. The van der Waals surface area contributed by atoms with Crippen molar-refractivity contribution in [3.8, 4) is 5.75 Å². The molecule has 0 heterocycles. The summed E-state index contributed by atoms with van der Waals surface area (Å²) >= 11 is 0. The van der Waals surface area contributed by atoms with Crippen molar-refractivity contribution in [1.29, 1.82) is 0 Å². The SMILES string of the molecule is CCCCN(C)C[C@H]1Cc2cc(OC)c(C)cc21. The van der Waals surface area contributed by atoms with Crippen molar-refractivity contribution in [3.05, 3.63) is 28.8 Å². The second kappa shape index (κ2) is 5.75. The summed E-state index contributed by atoms with van der Waals surface area (Å²) in [5.41, 5.74) is 4.28. The van der Waals surface area contributed by atoms with Gasteiger partial charge in [-0.15, -0.1) is 0 Å². The summed E-state index contributed by atoms with van der Waals surface area (Å²) in [6.45, 7) is 6.80. The normalized spacial score (nSPS) is 17.5. The van der Waals surface area contributed by atoms with Crippen LogP contribution < -0.4 is 4.74 Å². The van der Waals surface area contributed by atoms with Crippen LogP contribution in [0.4, 0.5) is 0 Å². The van der Waals surface area contributed by atoms with Gasteiger partial charge in [0, 0.05) is 12.5 Å². The minimum Gasteiger partial charge on any atom is -0.496 e. The largest absolute Gasteiger partial charge is 0.496 e. The van der Waals surface area contributed by atoms with Crippen molar-refractivity contribution in [1.82, 2.24) is 4.90 Å². The highest BCUT2D eigenvalue weighted by atomic mass is 16.5.